The first-order valence-corrected chi connectivity index (χ1v) is 7.96. The molecule has 1 aliphatic heterocycles. The zero-order valence-electron chi connectivity index (χ0n) is 13.1. The number of benzene rings is 2. The smallest absolute Gasteiger partial charge is 0.225 e. The van der Waals surface area contributed by atoms with Gasteiger partial charge in [0.2, 0.25) is 5.88 Å². The van der Waals surface area contributed by atoms with E-state index in [4.69, 9.17) is 4.74 Å². The van der Waals surface area contributed by atoms with E-state index in [0.29, 0.717) is 18.4 Å². The summed E-state index contributed by atoms with van der Waals surface area (Å²) in [6.45, 7) is 4.76. The van der Waals surface area contributed by atoms with Gasteiger partial charge in [-0.05, 0) is 40.3 Å². The average molecular weight is 300 g/mol. The fourth-order valence-electron chi connectivity index (χ4n) is 3.94. The van der Waals surface area contributed by atoms with Crippen LogP contribution >= 0.6 is 0 Å². The van der Waals surface area contributed by atoms with Crippen LogP contribution in [-0.2, 0) is 6.61 Å². The quantitative estimate of drug-likeness (QED) is 0.614. The number of aromatic nitrogens is 2. The van der Waals surface area contributed by atoms with Gasteiger partial charge < -0.3 is 4.74 Å². The summed E-state index contributed by atoms with van der Waals surface area (Å²) in [6.07, 6.45) is 1.91. The normalized spacial score (nSPS) is 16.9. The SMILES string of the molecule is Cc1ncc2c(n1)OCc1ccc3c(c1-2)C(C)c1ccccc1-3. The Morgan fingerprint density at radius 2 is 1.91 bits per heavy atom. The lowest BCUT2D eigenvalue weighted by Gasteiger charge is -2.24. The number of fused-ring (bicyclic) bond motifs is 7. The van der Waals surface area contributed by atoms with Crippen LogP contribution in [0.2, 0.25) is 0 Å². The highest BCUT2D eigenvalue weighted by Crippen LogP contribution is 2.51. The largest absolute Gasteiger partial charge is 0.472 e. The summed E-state index contributed by atoms with van der Waals surface area (Å²) >= 11 is 0. The van der Waals surface area contributed by atoms with Gasteiger partial charge in [0.15, 0.2) is 0 Å². The first-order chi connectivity index (χ1) is 11.2. The number of hydrogen-bond acceptors (Lipinski definition) is 3. The number of nitrogens with zero attached hydrogens (tertiary/aromatic N) is 2. The highest BCUT2D eigenvalue weighted by Gasteiger charge is 2.32. The Morgan fingerprint density at radius 3 is 2.83 bits per heavy atom. The van der Waals surface area contributed by atoms with Gasteiger partial charge in [0.05, 0.1) is 5.56 Å². The monoisotopic (exact) mass is 300 g/mol. The third-order valence-electron chi connectivity index (χ3n) is 4.99. The molecular formula is C20H16N2O. The molecule has 0 amide bonds. The maximum atomic E-state index is 5.85. The molecule has 23 heavy (non-hydrogen) atoms. The van der Waals surface area contributed by atoms with Crippen molar-refractivity contribution in [1.29, 1.82) is 0 Å². The lowest BCUT2D eigenvalue weighted by molar-refractivity contribution is 0.288. The second kappa shape index (κ2) is 4.42. The Hall–Kier alpha value is -2.68. The summed E-state index contributed by atoms with van der Waals surface area (Å²) in [5.41, 5.74) is 8.99. The van der Waals surface area contributed by atoms with Crippen molar-refractivity contribution in [3.05, 3.63) is 65.1 Å². The van der Waals surface area contributed by atoms with Crippen molar-refractivity contribution in [1.82, 2.24) is 9.97 Å². The molecule has 2 aliphatic rings. The summed E-state index contributed by atoms with van der Waals surface area (Å²) < 4.78 is 5.85. The minimum absolute atomic E-state index is 0.378. The molecule has 3 heteroatoms. The predicted octanol–water partition coefficient (Wildman–Crippen LogP) is 4.48. The molecule has 0 radical (unpaired) electrons. The maximum absolute atomic E-state index is 5.85. The summed E-state index contributed by atoms with van der Waals surface area (Å²) in [7, 11) is 0. The second-order valence-electron chi connectivity index (χ2n) is 6.29. The van der Waals surface area contributed by atoms with Gasteiger partial charge in [0.25, 0.3) is 0 Å². The van der Waals surface area contributed by atoms with Crippen molar-refractivity contribution < 1.29 is 4.74 Å². The summed E-state index contributed by atoms with van der Waals surface area (Å²) in [6, 6.07) is 13.1. The molecule has 1 atom stereocenters. The van der Waals surface area contributed by atoms with Gasteiger partial charge >= 0.3 is 0 Å². The van der Waals surface area contributed by atoms with Crippen LogP contribution in [0.5, 0.6) is 5.88 Å². The molecule has 3 nitrogen and oxygen atoms in total. The molecule has 0 bridgehead atoms. The topological polar surface area (TPSA) is 35.0 Å². The lowest BCUT2D eigenvalue weighted by Crippen LogP contribution is -2.11. The van der Waals surface area contributed by atoms with Gasteiger partial charge in [-0.2, -0.15) is 4.98 Å². The second-order valence-corrected chi connectivity index (χ2v) is 6.29. The Kier molecular flexibility index (Phi) is 2.46. The average Bonchev–Trinajstić information content (AvgIpc) is 2.87. The molecule has 2 aromatic carbocycles. The van der Waals surface area contributed by atoms with E-state index in [1.54, 1.807) is 0 Å². The molecular weight excluding hydrogens is 284 g/mol. The van der Waals surface area contributed by atoms with Gasteiger partial charge in [-0.25, -0.2) is 4.98 Å². The number of aryl methyl sites for hydroxylation is 1. The fourth-order valence-corrected chi connectivity index (χ4v) is 3.94. The van der Waals surface area contributed by atoms with Crippen LogP contribution in [0.4, 0.5) is 0 Å². The van der Waals surface area contributed by atoms with E-state index in [9.17, 15) is 0 Å². The molecule has 0 N–H and O–H groups in total. The van der Waals surface area contributed by atoms with Gasteiger partial charge in [-0.15, -0.1) is 0 Å². The third-order valence-corrected chi connectivity index (χ3v) is 4.99. The Balaban J connectivity index is 1.84. The van der Waals surface area contributed by atoms with E-state index in [1.165, 1.54) is 33.4 Å². The molecule has 3 aromatic rings. The molecule has 1 aliphatic carbocycles. The summed E-state index contributed by atoms with van der Waals surface area (Å²) in [5.74, 6) is 1.83. The van der Waals surface area contributed by atoms with E-state index in [1.807, 2.05) is 13.1 Å². The van der Waals surface area contributed by atoms with Crippen LogP contribution in [0, 0.1) is 6.92 Å². The van der Waals surface area contributed by atoms with Gasteiger partial charge in [0, 0.05) is 12.1 Å². The standard InChI is InChI=1S/C20H16N2O/c1-11-14-5-3-4-6-15(14)16-8-7-13-10-23-20-17(19(13)18(11)16)9-21-12(2)22-20/h3-9,11H,10H2,1-2H3. The van der Waals surface area contributed by atoms with Crippen molar-refractivity contribution in [3.63, 3.8) is 0 Å². The van der Waals surface area contributed by atoms with Gasteiger partial charge in [0.1, 0.15) is 12.4 Å². The molecule has 0 saturated heterocycles. The molecule has 0 saturated carbocycles. The zero-order valence-corrected chi connectivity index (χ0v) is 13.1. The summed E-state index contributed by atoms with van der Waals surface area (Å²) in [5, 5.41) is 0. The highest BCUT2D eigenvalue weighted by atomic mass is 16.5. The molecule has 1 aromatic heterocycles. The van der Waals surface area contributed by atoms with Crippen LogP contribution in [0.15, 0.2) is 42.6 Å². The number of rotatable bonds is 0. The maximum Gasteiger partial charge on any atom is 0.225 e. The van der Waals surface area contributed by atoms with Crippen molar-refractivity contribution in [3.8, 4) is 28.1 Å². The van der Waals surface area contributed by atoms with Crippen LogP contribution in [0.25, 0.3) is 22.3 Å². The Bertz CT molecular complexity index is 962. The first kappa shape index (κ1) is 12.8. The van der Waals surface area contributed by atoms with Gasteiger partial charge in [-0.3, -0.25) is 0 Å². The van der Waals surface area contributed by atoms with Gasteiger partial charge in [-0.1, -0.05) is 43.3 Å². The highest BCUT2D eigenvalue weighted by molar-refractivity contribution is 5.89. The predicted molar refractivity (Wildman–Crippen MR) is 89.5 cm³/mol. The molecule has 5 rings (SSSR count). The minimum Gasteiger partial charge on any atom is -0.472 e. The Labute approximate surface area is 135 Å². The van der Waals surface area contributed by atoms with Crippen LogP contribution in [-0.4, -0.2) is 9.97 Å². The van der Waals surface area contributed by atoms with E-state index < -0.39 is 0 Å². The van der Waals surface area contributed by atoms with E-state index in [-0.39, 0.29) is 0 Å². The van der Waals surface area contributed by atoms with E-state index in [2.05, 4.69) is 53.3 Å². The zero-order chi connectivity index (χ0) is 15.6. The number of hydrogen-bond donors (Lipinski definition) is 0. The Morgan fingerprint density at radius 1 is 1.04 bits per heavy atom. The number of ether oxygens (including phenoxy) is 1. The van der Waals surface area contributed by atoms with Crippen molar-refractivity contribution in [2.45, 2.75) is 26.4 Å². The molecule has 112 valence electrons. The van der Waals surface area contributed by atoms with Crippen molar-refractivity contribution in [2.75, 3.05) is 0 Å². The minimum atomic E-state index is 0.378. The lowest BCUT2D eigenvalue weighted by atomic mass is 9.87. The fraction of sp³-hybridized carbons (Fsp3) is 0.200. The third kappa shape index (κ3) is 1.65. The van der Waals surface area contributed by atoms with E-state index in [0.717, 1.165) is 11.4 Å². The van der Waals surface area contributed by atoms with Crippen LogP contribution in [0.1, 0.15) is 35.4 Å². The van der Waals surface area contributed by atoms with Crippen molar-refractivity contribution in [2.24, 2.45) is 0 Å². The van der Waals surface area contributed by atoms with Crippen LogP contribution < -0.4 is 4.74 Å². The van der Waals surface area contributed by atoms with Crippen molar-refractivity contribution >= 4 is 0 Å². The summed E-state index contributed by atoms with van der Waals surface area (Å²) in [4.78, 5) is 8.88. The molecule has 1 unspecified atom stereocenters. The van der Waals surface area contributed by atoms with E-state index >= 15 is 0 Å². The first-order valence-electron chi connectivity index (χ1n) is 7.96. The molecule has 0 spiro atoms. The molecule has 2 heterocycles. The molecule has 0 fully saturated rings. The van der Waals surface area contributed by atoms with Crippen LogP contribution in [0.3, 0.4) is 0 Å².